The zero-order chi connectivity index (χ0) is 19.6. The molecule has 1 saturated heterocycles. The summed E-state index contributed by atoms with van der Waals surface area (Å²) in [5.41, 5.74) is 1.79. The van der Waals surface area contributed by atoms with Crippen molar-refractivity contribution in [3.63, 3.8) is 0 Å². The fourth-order valence-corrected chi connectivity index (χ4v) is 3.59. The van der Waals surface area contributed by atoms with Gasteiger partial charge in [0.05, 0.1) is 12.7 Å². The monoisotopic (exact) mass is 406 g/mol. The molecule has 0 aromatic heterocycles. The first kappa shape index (κ1) is 19.5. The summed E-state index contributed by atoms with van der Waals surface area (Å²) in [7, 11) is 1.50. The Morgan fingerprint density at radius 2 is 2.00 bits per heavy atom. The zero-order valence-electron chi connectivity index (χ0n) is 15.1. The van der Waals surface area contributed by atoms with Gasteiger partial charge in [-0.25, -0.2) is 0 Å². The van der Waals surface area contributed by atoms with Crippen molar-refractivity contribution in [3.05, 3.63) is 57.6 Å². The number of carbonyl (C=O) groups excluding carboxylic acids is 2. The van der Waals surface area contributed by atoms with Gasteiger partial charge in [0.2, 0.25) is 5.91 Å². The van der Waals surface area contributed by atoms with E-state index in [4.69, 9.17) is 27.9 Å². The lowest BCUT2D eigenvalue weighted by Crippen LogP contribution is -2.43. The first-order valence-electron chi connectivity index (χ1n) is 8.63. The average molecular weight is 407 g/mol. The lowest BCUT2D eigenvalue weighted by Gasteiger charge is -2.25. The van der Waals surface area contributed by atoms with Crippen molar-refractivity contribution in [2.24, 2.45) is 0 Å². The van der Waals surface area contributed by atoms with Gasteiger partial charge >= 0.3 is 0 Å². The molecule has 0 aliphatic carbocycles. The van der Waals surface area contributed by atoms with Crippen molar-refractivity contribution in [1.82, 2.24) is 4.90 Å². The maximum atomic E-state index is 13.1. The second kappa shape index (κ2) is 8.19. The number of nitrogens with one attached hydrogen (secondary N) is 1. The maximum absolute atomic E-state index is 13.1. The zero-order valence-corrected chi connectivity index (χ0v) is 16.6. The molecule has 3 rings (SSSR count). The van der Waals surface area contributed by atoms with Gasteiger partial charge in [0.25, 0.3) is 5.91 Å². The van der Waals surface area contributed by atoms with Gasteiger partial charge < -0.3 is 15.0 Å². The molecule has 1 heterocycles. The second-order valence-corrected chi connectivity index (χ2v) is 7.25. The smallest absolute Gasteiger partial charge is 0.258 e. The van der Waals surface area contributed by atoms with Crippen LogP contribution in [0, 0.1) is 6.92 Å². The predicted molar refractivity (Wildman–Crippen MR) is 107 cm³/mol. The highest BCUT2D eigenvalue weighted by molar-refractivity contribution is 6.32. The number of methoxy groups -OCH3 is 1. The van der Waals surface area contributed by atoms with Crippen molar-refractivity contribution in [2.45, 2.75) is 25.8 Å². The minimum absolute atomic E-state index is 0.229. The van der Waals surface area contributed by atoms with E-state index < -0.39 is 6.04 Å². The van der Waals surface area contributed by atoms with Crippen LogP contribution in [0.5, 0.6) is 5.75 Å². The molecular weight excluding hydrogens is 387 g/mol. The summed E-state index contributed by atoms with van der Waals surface area (Å²) >= 11 is 12.2. The molecule has 1 aliphatic rings. The number of hydrogen-bond acceptors (Lipinski definition) is 3. The standard InChI is InChI=1S/C20H20Cl2N2O3/c1-12-15(22)5-3-6-16(12)23-19(25)17-7-4-10-24(17)20(26)14-11-13(21)8-9-18(14)27-2/h3,5-6,8-9,11,17H,4,7,10H2,1-2H3,(H,23,25)/t17-/m1/s1. The van der Waals surface area contributed by atoms with Crippen molar-refractivity contribution in [3.8, 4) is 5.75 Å². The van der Waals surface area contributed by atoms with Crippen molar-refractivity contribution < 1.29 is 14.3 Å². The van der Waals surface area contributed by atoms with E-state index in [0.717, 1.165) is 12.0 Å². The number of carbonyl (C=O) groups is 2. The molecule has 0 spiro atoms. The third kappa shape index (κ3) is 4.04. The van der Waals surface area contributed by atoms with Gasteiger partial charge in [0, 0.05) is 22.3 Å². The highest BCUT2D eigenvalue weighted by Crippen LogP contribution is 2.29. The van der Waals surface area contributed by atoms with Crippen molar-refractivity contribution in [2.75, 3.05) is 19.0 Å². The van der Waals surface area contributed by atoms with E-state index in [1.165, 1.54) is 7.11 Å². The molecule has 1 aliphatic heterocycles. The first-order chi connectivity index (χ1) is 12.9. The number of benzene rings is 2. The van der Waals surface area contributed by atoms with Gasteiger partial charge in [-0.3, -0.25) is 9.59 Å². The van der Waals surface area contributed by atoms with E-state index in [1.807, 2.05) is 6.92 Å². The van der Waals surface area contributed by atoms with Crippen LogP contribution in [0.15, 0.2) is 36.4 Å². The Balaban J connectivity index is 1.83. The number of halogens is 2. The van der Waals surface area contributed by atoms with Gasteiger partial charge in [-0.15, -0.1) is 0 Å². The van der Waals surface area contributed by atoms with Gasteiger partial charge in [-0.1, -0.05) is 29.3 Å². The van der Waals surface area contributed by atoms with Crippen molar-refractivity contribution in [1.29, 1.82) is 0 Å². The minimum Gasteiger partial charge on any atom is -0.496 e. The summed E-state index contributed by atoms with van der Waals surface area (Å²) in [5.74, 6) is -0.0665. The van der Waals surface area contributed by atoms with Crippen LogP contribution in [0.1, 0.15) is 28.8 Å². The topological polar surface area (TPSA) is 58.6 Å². The van der Waals surface area contributed by atoms with Crippen LogP contribution in [0.4, 0.5) is 5.69 Å². The summed E-state index contributed by atoms with van der Waals surface area (Å²) in [5, 5.41) is 3.91. The number of hydrogen-bond donors (Lipinski definition) is 1. The van der Waals surface area contributed by atoms with Crippen LogP contribution in [0.2, 0.25) is 10.0 Å². The SMILES string of the molecule is COc1ccc(Cl)cc1C(=O)N1CCC[C@@H]1C(=O)Nc1cccc(Cl)c1C. The molecule has 2 amide bonds. The van der Waals surface area contributed by atoms with Crippen LogP contribution >= 0.6 is 23.2 Å². The molecule has 27 heavy (non-hydrogen) atoms. The Morgan fingerprint density at radius 3 is 2.74 bits per heavy atom. The summed E-state index contributed by atoms with van der Waals surface area (Å²) in [6.07, 6.45) is 1.35. The van der Waals surface area contributed by atoms with Crippen LogP contribution in [-0.4, -0.2) is 36.4 Å². The van der Waals surface area contributed by atoms with Crippen LogP contribution in [0.3, 0.4) is 0 Å². The lowest BCUT2D eigenvalue weighted by molar-refractivity contribution is -0.119. The number of likely N-dealkylation sites (tertiary alicyclic amines) is 1. The summed E-state index contributed by atoms with van der Waals surface area (Å²) in [4.78, 5) is 27.5. The van der Waals surface area contributed by atoms with Crippen LogP contribution in [-0.2, 0) is 4.79 Å². The van der Waals surface area contributed by atoms with Crippen LogP contribution < -0.4 is 10.1 Å². The molecular formula is C20H20Cl2N2O3. The first-order valence-corrected chi connectivity index (χ1v) is 9.38. The number of nitrogens with zero attached hydrogens (tertiary/aromatic N) is 1. The molecule has 0 bridgehead atoms. The number of rotatable bonds is 4. The Hall–Kier alpha value is -2.24. The summed E-state index contributed by atoms with van der Waals surface area (Å²) in [6.45, 7) is 2.34. The fraction of sp³-hybridized carbons (Fsp3) is 0.300. The molecule has 2 aromatic rings. The molecule has 5 nitrogen and oxygen atoms in total. The Labute approximate surface area is 168 Å². The average Bonchev–Trinajstić information content (AvgIpc) is 3.14. The van der Waals surface area contributed by atoms with Crippen LogP contribution in [0.25, 0.3) is 0 Å². The van der Waals surface area contributed by atoms with E-state index >= 15 is 0 Å². The third-order valence-corrected chi connectivity index (χ3v) is 5.38. The molecule has 2 aromatic carbocycles. The van der Waals surface area contributed by atoms with E-state index in [9.17, 15) is 9.59 Å². The Morgan fingerprint density at radius 1 is 1.22 bits per heavy atom. The van der Waals surface area contributed by atoms with E-state index in [2.05, 4.69) is 5.32 Å². The number of amides is 2. The van der Waals surface area contributed by atoms with E-state index in [-0.39, 0.29) is 11.8 Å². The molecule has 1 fully saturated rings. The molecule has 0 unspecified atom stereocenters. The second-order valence-electron chi connectivity index (χ2n) is 6.40. The molecule has 1 atom stereocenters. The quantitative estimate of drug-likeness (QED) is 0.809. The molecule has 0 saturated carbocycles. The summed E-state index contributed by atoms with van der Waals surface area (Å²) < 4.78 is 5.28. The predicted octanol–water partition coefficient (Wildman–Crippen LogP) is 4.55. The number of anilines is 1. The van der Waals surface area contributed by atoms with Crippen molar-refractivity contribution >= 4 is 40.7 Å². The fourth-order valence-electron chi connectivity index (χ4n) is 3.24. The normalized spacial score (nSPS) is 16.3. The largest absolute Gasteiger partial charge is 0.496 e. The highest BCUT2D eigenvalue weighted by atomic mass is 35.5. The highest BCUT2D eigenvalue weighted by Gasteiger charge is 2.35. The molecule has 142 valence electrons. The van der Waals surface area contributed by atoms with Gasteiger partial charge in [0.1, 0.15) is 11.8 Å². The Kier molecular flexibility index (Phi) is 5.92. The molecule has 0 radical (unpaired) electrons. The van der Waals surface area contributed by atoms with Gasteiger partial charge in [-0.2, -0.15) is 0 Å². The lowest BCUT2D eigenvalue weighted by atomic mass is 10.1. The maximum Gasteiger partial charge on any atom is 0.258 e. The molecule has 1 N–H and O–H groups in total. The summed E-state index contributed by atoms with van der Waals surface area (Å²) in [6, 6.07) is 9.66. The van der Waals surface area contributed by atoms with Gasteiger partial charge in [-0.05, 0) is 55.7 Å². The minimum atomic E-state index is -0.556. The van der Waals surface area contributed by atoms with Gasteiger partial charge in [0.15, 0.2) is 0 Å². The Bertz CT molecular complexity index is 886. The van der Waals surface area contributed by atoms with E-state index in [1.54, 1.807) is 41.3 Å². The third-order valence-electron chi connectivity index (χ3n) is 4.73. The molecule has 7 heteroatoms. The van der Waals surface area contributed by atoms with E-state index in [0.29, 0.717) is 40.0 Å². The number of ether oxygens (including phenoxy) is 1.